The highest BCUT2D eigenvalue weighted by molar-refractivity contribution is 7.99. The molecule has 2 aliphatic heterocycles. The highest BCUT2D eigenvalue weighted by atomic mass is 35.5. The summed E-state index contributed by atoms with van der Waals surface area (Å²) in [5.41, 5.74) is -1.97. The van der Waals surface area contributed by atoms with E-state index in [0.717, 1.165) is 59.8 Å². The third-order valence-corrected chi connectivity index (χ3v) is 16.3. The third kappa shape index (κ3) is 12.2. The fraction of sp³-hybridized carbons (Fsp3) is 0.333. The lowest BCUT2D eigenvalue weighted by Gasteiger charge is -2.37. The Hall–Kier alpha value is -4.91. The van der Waals surface area contributed by atoms with Crippen molar-refractivity contribution in [3.05, 3.63) is 137 Å². The maximum atomic E-state index is 14.2. The van der Waals surface area contributed by atoms with Crippen LogP contribution in [0.2, 0.25) is 5.02 Å². The van der Waals surface area contributed by atoms with Gasteiger partial charge in [-0.3, -0.25) is 9.69 Å². The average Bonchev–Trinajstić information content (AvgIpc) is 3.32. The molecule has 0 aliphatic carbocycles. The Balaban J connectivity index is 1.03. The van der Waals surface area contributed by atoms with Gasteiger partial charge in [0, 0.05) is 78.2 Å². The van der Waals surface area contributed by atoms with Crippen LogP contribution < -0.4 is 14.9 Å². The van der Waals surface area contributed by atoms with E-state index in [9.17, 15) is 34.8 Å². The van der Waals surface area contributed by atoms with Crippen LogP contribution >= 0.6 is 23.4 Å². The van der Waals surface area contributed by atoms with Gasteiger partial charge in [-0.2, -0.15) is 13.2 Å². The van der Waals surface area contributed by atoms with Crippen molar-refractivity contribution in [2.45, 2.75) is 51.4 Å². The first-order valence-corrected chi connectivity index (χ1v) is 25.9. The number of hydrogen-bond acceptors (Lipinski definition) is 11. The average molecular weight is 983 g/mol. The monoisotopic (exact) mass is 981 g/mol. The van der Waals surface area contributed by atoms with Gasteiger partial charge < -0.3 is 19.9 Å². The predicted molar refractivity (Wildman–Crippen MR) is 256 cm³/mol. The molecule has 0 bridgehead atoms. The number of alkyl halides is 3. The van der Waals surface area contributed by atoms with E-state index in [1.165, 1.54) is 29.5 Å². The zero-order valence-electron chi connectivity index (χ0n) is 36.0. The fourth-order valence-corrected chi connectivity index (χ4v) is 11.5. The predicted octanol–water partition coefficient (Wildman–Crippen LogP) is 9.42. The molecule has 0 aromatic heterocycles. The summed E-state index contributed by atoms with van der Waals surface area (Å²) in [7, 11) is -10.9. The van der Waals surface area contributed by atoms with Gasteiger partial charge in [-0.05, 0) is 115 Å². The summed E-state index contributed by atoms with van der Waals surface area (Å²) in [5, 5.41) is 3.65. The minimum atomic E-state index is -6.06. The van der Waals surface area contributed by atoms with Gasteiger partial charge >= 0.3 is 5.51 Å². The number of piperidine rings is 1. The first-order chi connectivity index (χ1) is 31.6. The van der Waals surface area contributed by atoms with Crippen LogP contribution in [0.15, 0.2) is 141 Å². The first kappa shape index (κ1) is 49.0. The molecule has 11 nitrogen and oxygen atoms in total. The lowest BCUT2D eigenvalue weighted by atomic mass is 9.77. The zero-order chi connectivity index (χ0) is 46.9. The smallest absolute Gasteiger partial charge is 0.380 e. The molecule has 66 heavy (non-hydrogen) atoms. The number of sulfone groups is 1. The number of nitrogens with one attached hydrogen (secondary N) is 2. The van der Waals surface area contributed by atoms with Crippen LogP contribution in [0.3, 0.4) is 0 Å². The van der Waals surface area contributed by atoms with Gasteiger partial charge in [-0.15, -0.1) is 11.8 Å². The Morgan fingerprint density at radius 1 is 0.864 bits per heavy atom. The van der Waals surface area contributed by atoms with E-state index in [2.05, 4.69) is 39.0 Å². The number of ether oxygens (including phenoxy) is 1. The van der Waals surface area contributed by atoms with E-state index in [0.29, 0.717) is 68.6 Å². The molecule has 0 saturated carbocycles. The van der Waals surface area contributed by atoms with Crippen LogP contribution in [0.25, 0.3) is 11.1 Å². The molecule has 2 fully saturated rings. The molecule has 2 saturated heterocycles. The molecule has 2 aliphatic rings. The highest BCUT2D eigenvalue weighted by Crippen LogP contribution is 2.40. The number of morpholine rings is 1. The summed E-state index contributed by atoms with van der Waals surface area (Å²) in [6, 6.07) is 33.7. The van der Waals surface area contributed by atoms with Crippen molar-refractivity contribution >= 4 is 67.2 Å². The van der Waals surface area contributed by atoms with Gasteiger partial charge in [0.2, 0.25) is 0 Å². The number of rotatable bonds is 18. The van der Waals surface area contributed by atoms with Crippen molar-refractivity contribution in [3.8, 4) is 11.1 Å². The molecular weight excluding hydrogens is 931 g/mol. The minimum absolute atomic E-state index is 0.0198. The minimum Gasteiger partial charge on any atom is -0.380 e. The first-order valence-electron chi connectivity index (χ1n) is 21.5. The van der Waals surface area contributed by atoms with Crippen molar-refractivity contribution in [2.24, 2.45) is 10.9 Å². The molecule has 0 spiro atoms. The van der Waals surface area contributed by atoms with Crippen LogP contribution in [0, 0.1) is 5.92 Å². The van der Waals surface area contributed by atoms with E-state index in [-0.39, 0.29) is 11.5 Å². The number of aliphatic imine (C=N–C) groups is 1. The van der Waals surface area contributed by atoms with E-state index < -0.39 is 52.8 Å². The number of carbonyl (C=O) groups excluding carboxylic acids is 1. The summed E-state index contributed by atoms with van der Waals surface area (Å²) in [4.78, 5) is 20.8. The molecule has 0 radical (unpaired) electrons. The van der Waals surface area contributed by atoms with Gasteiger partial charge in [0.25, 0.3) is 25.8 Å². The largest absolute Gasteiger partial charge is 0.501 e. The van der Waals surface area contributed by atoms with Crippen LogP contribution in [0.5, 0.6) is 0 Å². The SMILES string of the molecule is C=NC[C@@H](c1ccccc1-c1ccc(Cl)cc1)C1CCN(c2ccc(C(=O)NS(=O)(=O)c3ccc(N[C@H](CCN4CCOCC4)CSc4ccccc4)c(S(=O)(=O)C(F)(F)F)c3)cc2)CC1. The number of amides is 1. The van der Waals surface area contributed by atoms with E-state index in [1.807, 2.05) is 71.5 Å². The van der Waals surface area contributed by atoms with Crippen molar-refractivity contribution in [1.29, 1.82) is 0 Å². The molecule has 2 heterocycles. The standard InChI is InChI=1S/C48H51ClF3N5O6S3/c1-53-32-44(43-10-6-5-9-42(43)34-11-15-37(49)16-12-34)35-21-25-57(26-22-35)39-17-13-36(14-18-39)47(58)55-66(61,62)41-19-20-45(46(31-41)65(59,60)48(50,51)52)54-38(23-24-56-27-29-63-30-28-56)33-64-40-7-3-2-4-8-40/h2-20,31,35,38,44,54H,1,21-30,32-33H2,(H,55,58)/t38-,44-/m1/s1. The number of benzene rings is 5. The number of thioether (sulfide) groups is 1. The Morgan fingerprint density at radius 2 is 1.53 bits per heavy atom. The van der Waals surface area contributed by atoms with Crippen LogP contribution in [-0.2, 0) is 24.6 Å². The number of sulfonamides is 1. The molecule has 350 valence electrons. The second-order valence-electron chi connectivity index (χ2n) is 16.2. The molecule has 5 aromatic carbocycles. The maximum absolute atomic E-state index is 14.2. The molecular formula is C48H51ClF3N5O6S3. The fourth-order valence-electron chi connectivity index (χ4n) is 8.41. The Labute approximate surface area is 393 Å². The molecule has 1 amide bonds. The molecule has 2 N–H and O–H groups in total. The van der Waals surface area contributed by atoms with Crippen LogP contribution in [-0.4, -0.2) is 104 Å². The lowest BCUT2D eigenvalue weighted by molar-refractivity contribution is -0.0435. The number of halogens is 4. The second-order valence-corrected chi connectivity index (χ2v) is 21.3. The second kappa shape index (κ2) is 21.8. The van der Waals surface area contributed by atoms with Crippen molar-refractivity contribution in [1.82, 2.24) is 9.62 Å². The third-order valence-electron chi connectivity index (χ3n) is 12.0. The lowest BCUT2D eigenvalue weighted by Crippen LogP contribution is -2.39. The summed E-state index contributed by atoms with van der Waals surface area (Å²) in [5.74, 6) is -0.231. The van der Waals surface area contributed by atoms with Gasteiger partial charge in [0.05, 0.1) is 23.8 Å². The number of nitrogens with zero attached hydrogens (tertiary/aromatic N) is 3. The summed E-state index contributed by atoms with van der Waals surface area (Å²) in [6.45, 7) is 8.80. The zero-order valence-corrected chi connectivity index (χ0v) is 39.2. The Morgan fingerprint density at radius 3 is 2.20 bits per heavy atom. The van der Waals surface area contributed by atoms with Crippen molar-refractivity contribution in [3.63, 3.8) is 0 Å². The van der Waals surface area contributed by atoms with E-state index in [1.54, 1.807) is 12.1 Å². The Bertz CT molecular complexity index is 2670. The molecule has 2 atom stereocenters. The molecule has 0 unspecified atom stereocenters. The van der Waals surface area contributed by atoms with Crippen molar-refractivity contribution < 1.29 is 39.5 Å². The van der Waals surface area contributed by atoms with Gasteiger partial charge in [-0.1, -0.05) is 66.2 Å². The number of anilines is 2. The van der Waals surface area contributed by atoms with Crippen LogP contribution in [0.1, 0.15) is 41.1 Å². The summed E-state index contributed by atoms with van der Waals surface area (Å²) >= 11 is 7.62. The molecule has 7 rings (SSSR count). The summed E-state index contributed by atoms with van der Waals surface area (Å²) in [6.07, 6.45) is 2.16. The molecule has 18 heteroatoms. The summed E-state index contributed by atoms with van der Waals surface area (Å²) < 4.78 is 103. The van der Waals surface area contributed by atoms with E-state index in [4.69, 9.17) is 16.3 Å². The maximum Gasteiger partial charge on any atom is 0.501 e. The van der Waals surface area contributed by atoms with Gasteiger partial charge in [0.15, 0.2) is 0 Å². The van der Waals surface area contributed by atoms with Crippen molar-refractivity contribution in [2.75, 3.05) is 68.5 Å². The Kier molecular flexibility index (Phi) is 16.2. The topological polar surface area (TPSA) is 137 Å². The van der Waals surface area contributed by atoms with Gasteiger partial charge in [0.1, 0.15) is 4.90 Å². The molecule has 5 aromatic rings. The number of hydrogen-bond donors (Lipinski definition) is 2. The normalized spacial score (nSPS) is 16.3. The highest BCUT2D eigenvalue weighted by Gasteiger charge is 2.48. The van der Waals surface area contributed by atoms with E-state index >= 15 is 0 Å². The van der Waals surface area contributed by atoms with Crippen LogP contribution in [0.4, 0.5) is 24.5 Å². The number of carbonyl (C=O) groups is 1. The quantitative estimate of drug-likeness (QED) is 0.0646. The van der Waals surface area contributed by atoms with Gasteiger partial charge in [-0.25, -0.2) is 21.6 Å².